The van der Waals surface area contributed by atoms with Crippen molar-refractivity contribution in [2.45, 2.75) is 51.6 Å². The topological polar surface area (TPSA) is 86.3 Å². The maximum atomic E-state index is 12.4. The Morgan fingerprint density at radius 1 is 1.38 bits per heavy atom. The van der Waals surface area contributed by atoms with Crippen molar-refractivity contribution in [1.29, 1.82) is 0 Å². The van der Waals surface area contributed by atoms with Crippen LogP contribution in [0, 0.1) is 5.92 Å². The third kappa shape index (κ3) is 3.96. The lowest BCUT2D eigenvalue weighted by Crippen LogP contribution is -2.38. The highest BCUT2D eigenvalue weighted by Crippen LogP contribution is 2.28. The molecule has 0 spiro atoms. The highest BCUT2D eigenvalue weighted by Gasteiger charge is 2.28. The number of rotatable bonds is 6. The minimum Gasteiger partial charge on any atom is -0.388 e. The molecule has 1 aliphatic rings. The second-order valence-corrected chi connectivity index (χ2v) is 7.24. The van der Waals surface area contributed by atoms with Gasteiger partial charge in [-0.3, -0.25) is 9.59 Å². The van der Waals surface area contributed by atoms with Crippen LogP contribution >= 0.6 is 0 Å². The summed E-state index contributed by atoms with van der Waals surface area (Å²) in [6.07, 6.45) is 4.16. The lowest BCUT2D eigenvalue weighted by Gasteiger charge is -2.30. The molecule has 2 aromatic rings. The van der Waals surface area contributed by atoms with Gasteiger partial charge in [0.05, 0.1) is 17.0 Å². The predicted molar refractivity (Wildman–Crippen MR) is 101 cm³/mol. The van der Waals surface area contributed by atoms with Gasteiger partial charge in [-0.1, -0.05) is 19.4 Å². The second-order valence-electron chi connectivity index (χ2n) is 7.24. The molecule has 2 N–H and O–H groups in total. The van der Waals surface area contributed by atoms with Crippen molar-refractivity contribution in [2.24, 2.45) is 5.92 Å². The van der Waals surface area contributed by atoms with Crippen LogP contribution in [-0.4, -0.2) is 39.5 Å². The molecular weight excluding hydrogens is 330 g/mol. The molecule has 6 heteroatoms. The molecule has 3 rings (SSSR count). The largest absolute Gasteiger partial charge is 0.388 e. The van der Waals surface area contributed by atoms with Crippen molar-refractivity contribution >= 4 is 16.8 Å². The molecule has 1 fully saturated rings. The molecule has 2 atom stereocenters. The van der Waals surface area contributed by atoms with E-state index in [1.54, 1.807) is 30.1 Å². The SMILES string of the molecule is CCCCc1nc2ccc(C(O)CC3CCCN(C)C3=O)cc2c(=O)[nH]1. The number of hydrogen-bond donors (Lipinski definition) is 2. The smallest absolute Gasteiger partial charge is 0.258 e. The normalized spacial score (nSPS) is 19.1. The van der Waals surface area contributed by atoms with E-state index >= 15 is 0 Å². The Morgan fingerprint density at radius 2 is 2.19 bits per heavy atom. The van der Waals surface area contributed by atoms with Crippen LogP contribution in [0.15, 0.2) is 23.0 Å². The van der Waals surface area contributed by atoms with Crippen molar-refractivity contribution in [3.8, 4) is 0 Å². The van der Waals surface area contributed by atoms with E-state index in [1.807, 2.05) is 0 Å². The van der Waals surface area contributed by atoms with Gasteiger partial charge in [-0.15, -0.1) is 0 Å². The van der Waals surface area contributed by atoms with E-state index < -0.39 is 6.10 Å². The summed E-state index contributed by atoms with van der Waals surface area (Å²) < 4.78 is 0. The van der Waals surface area contributed by atoms with E-state index in [1.165, 1.54) is 0 Å². The molecule has 0 radical (unpaired) electrons. The number of carbonyl (C=O) groups excluding carboxylic acids is 1. The Bertz CT molecular complexity index is 846. The number of fused-ring (bicyclic) bond motifs is 1. The van der Waals surface area contributed by atoms with Gasteiger partial charge in [0.15, 0.2) is 0 Å². The number of likely N-dealkylation sites (tertiary alicyclic amines) is 1. The van der Waals surface area contributed by atoms with E-state index in [2.05, 4.69) is 16.9 Å². The van der Waals surface area contributed by atoms with Gasteiger partial charge in [-0.2, -0.15) is 0 Å². The first kappa shape index (κ1) is 18.6. The van der Waals surface area contributed by atoms with Gasteiger partial charge in [0.1, 0.15) is 5.82 Å². The Kier molecular flexibility index (Phi) is 5.71. The summed E-state index contributed by atoms with van der Waals surface area (Å²) in [5.41, 5.74) is 1.13. The Morgan fingerprint density at radius 3 is 2.96 bits per heavy atom. The summed E-state index contributed by atoms with van der Waals surface area (Å²) in [5, 5.41) is 11.1. The Labute approximate surface area is 153 Å². The number of benzene rings is 1. The van der Waals surface area contributed by atoms with E-state index in [9.17, 15) is 14.7 Å². The highest BCUT2D eigenvalue weighted by atomic mass is 16.3. The van der Waals surface area contributed by atoms with Gasteiger partial charge in [0, 0.05) is 25.9 Å². The average molecular weight is 357 g/mol. The number of aromatic amines is 1. The number of hydrogen-bond acceptors (Lipinski definition) is 4. The summed E-state index contributed by atoms with van der Waals surface area (Å²) in [5.74, 6) is 0.636. The number of aliphatic hydroxyl groups excluding tert-OH is 1. The minimum absolute atomic E-state index is 0.0937. The summed E-state index contributed by atoms with van der Waals surface area (Å²) in [6, 6.07) is 5.29. The number of nitrogens with zero attached hydrogens (tertiary/aromatic N) is 2. The van der Waals surface area contributed by atoms with Gasteiger partial charge >= 0.3 is 0 Å². The zero-order valence-electron chi connectivity index (χ0n) is 15.5. The van der Waals surface area contributed by atoms with Crippen LogP contribution in [-0.2, 0) is 11.2 Å². The van der Waals surface area contributed by atoms with Crippen molar-refractivity contribution in [2.75, 3.05) is 13.6 Å². The fourth-order valence-electron chi connectivity index (χ4n) is 3.62. The summed E-state index contributed by atoms with van der Waals surface area (Å²) in [6.45, 7) is 2.88. The van der Waals surface area contributed by atoms with E-state index in [0.717, 1.165) is 38.6 Å². The first-order chi connectivity index (χ1) is 12.5. The van der Waals surface area contributed by atoms with Crippen molar-refractivity contribution in [1.82, 2.24) is 14.9 Å². The Balaban J connectivity index is 1.80. The molecule has 26 heavy (non-hydrogen) atoms. The molecule has 1 amide bonds. The third-order valence-electron chi connectivity index (χ3n) is 5.21. The van der Waals surface area contributed by atoms with Gasteiger partial charge in [-0.25, -0.2) is 4.98 Å². The van der Waals surface area contributed by atoms with Gasteiger partial charge in [0.25, 0.3) is 5.56 Å². The number of aliphatic hydroxyl groups is 1. The zero-order chi connectivity index (χ0) is 18.7. The van der Waals surface area contributed by atoms with Crippen LogP contribution in [0.1, 0.15) is 56.5 Å². The molecule has 1 saturated heterocycles. The standard InChI is InChI=1S/C20H27N3O3/c1-3-4-7-18-21-16-9-8-13(11-15(16)19(25)22-18)17(24)12-14-6-5-10-23(2)20(14)26/h8-9,11,14,17,24H,3-7,10,12H2,1-2H3,(H,21,22,25). The molecule has 140 valence electrons. The number of unbranched alkanes of at least 4 members (excludes halogenated alkanes) is 1. The molecule has 6 nitrogen and oxygen atoms in total. The van der Waals surface area contributed by atoms with Gasteiger partial charge in [0.2, 0.25) is 5.91 Å². The number of piperidine rings is 1. The lowest BCUT2D eigenvalue weighted by atomic mass is 9.89. The number of H-pyrrole nitrogens is 1. The summed E-state index contributed by atoms with van der Waals surface area (Å²) >= 11 is 0. The first-order valence-corrected chi connectivity index (χ1v) is 9.45. The Hall–Kier alpha value is -2.21. The molecule has 2 heterocycles. The third-order valence-corrected chi connectivity index (χ3v) is 5.21. The van der Waals surface area contributed by atoms with Crippen LogP contribution in [0.25, 0.3) is 10.9 Å². The molecule has 0 saturated carbocycles. The lowest BCUT2D eigenvalue weighted by molar-refractivity contribution is -0.138. The number of carbonyl (C=O) groups is 1. The van der Waals surface area contributed by atoms with Crippen LogP contribution in [0.4, 0.5) is 0 Å². The summed E-state index contributed by atoms with van der Waals surface area (Å²) in [4.78, 5) is 33.7. The molecule has 0 bridgehead atoms. The predicted octanol–water partition coefficient (Wildman–Crippen LogP) is 2.56. The number of amides is 1. The van der Waals surface area contributed by atoms with E-state index in [4.69, 9.17) is 0 Å². The monoisotopic (exact) mass is 357 g/mol. The highest BCUT2D eigenvalue weighted by molar-refractivity contribution is 5.80. The van der Waals surface area contributed by atoms with Crippen LogP contribution in [0.5, 0.6) is 0 Å². The van der Waals surface area contributed by atoms with Gasteiger partial charge in [-0.05, 0) is 43.4 Å². The quantitative estimate of drug-likeness (QED) is 0.832. The minimum atomic E-state index is -0.765. The van der Waals surface area contributed by atoms with Crippen molar-refractivity contribution in [3.63, 3.8) is 0 Å². The van der Waals surface area contributed by atoms with Gasteiger partial charge < -0.3 is 15.0 Å². The number of aryl methyl sites for hydroxylation is 1. The number of nitrogens with one attached hydrogen (secondary N) is 1. The fraction of sp³-hybridized carbons (Fsp3) is 0.550. The van der Waals surface area contributed by atoms with Crippen LogP contribution < -0.4 is 5.56 Å². The molecule has 1 aromatic heterocycles. The molecule has 2 unspecified atom stereocenters. The fourth-order valence-corrected chi connectivity index (χ4v) is 3.62. The van der Waals surface area contributed by atoms with E-state index in [-0.39, 0.29) is 17.4 Å². The van der Waals surface area contributed by atoms with Crippen molar-refractivity contribution in [3.05, 3.63) is 39.9 Å². The molecule has 0 aliphatic carbocycles. The summed E-state index contributed by atoms with van der Waals surface area (Å²) in [7, 11) is 1.80. The molecule has 1 aliphatic heterocycles. The van der Waals surface area contributed by atoms with Crippen molar-refractivity contribution < 1.29 is 9.90 Å². The maximum Gasteiger partial charge on any atom is 0.258 e. The average Bonchev–Trinajstić information content (AvgIpc) is 2.63. The van der Waals surface area contributed by atoms with Crippen LogP contribution in [0.3, 0.4) is 0 Å². The maximum absolute atomic E-state index is 12.4. The second kappa shape index (κ2) is 7.99. The zero-order valence-corrected chi connectivity index (χ0v) is 15.5. The number of aromatic nitrogens is 2. The molecular formula is C20H27N3O3. The van der Waals surface area contributed by atoms with Crippen LogP contribution in [0.2, 0.25) is 0 Å². The van der Waals surface area contributed by atoms with E-state index in [0.29, 0.717) is 28.7 Å². The first-order valence-electron chi connectivity index (χ1n) is 9.45. The molecule has 1 aromatic carbocycles.